The van der Waals surface area contributed by atoms with Gasteiger partial charge in [-0.05, 0) is 31.9 Å². The molecule has 1 aromatic rings. The molecule has 1 aliphatic rings. The van der Waals surface area contributed by atoms with E-state index in [1.807, 2.05) is 6.92 Å². The summed E-state index contributed by atoms with van der Waals surface area (Å²) in [6, 6.07) is 4.50. The number of para-hydroxylation sites is 1. The third-order valence-corrected chi connectivity index (χ3v) is 2.92. The maximum absolute atomic E-state index is 13.4. The molecule has 0 atom stereocenters. The van der Waals surface area contributed by atoms with Crippen LogP contribution in [0.25, 0.3) is 0 Å². The van der Waals surface area contributed by atoms with Gasteiger partial charge >= 0.3 is 0 Å². The van der Waals surface area contributed by atoms with Gasteiger partial charge in [-0.25, -0.2) is 4.39 Å². The maximum Gasteiger partial charge on any atom is 0.253 e. The lowest BCUT2D eigenvalue weighted by molar-refractivity contribution is 0.0936. The number of rotatable bonds is 3. The molecule has 0 aliphatic heterocycles. The van der Waals surface area contributed by atoms with E-state index >= 15 is 0 Å². The van der Waals surface area contributed by atoms with E-state index in [9.17, 15) is 9.18 Å². The highest BCUT2D eigenvalue weighted by molar-refractivity contribution is 6.00. The fourth-order valence-corrected chi connectivity index (χ4v) is 1.62. The second-order valence-corrected chi connectivity index (χ2v) is 4.43. The molecule has 0 radical (unpaired) electrons. The summed E-state index contributed by atoms with van der Waals surface area (Å²) >= 11 is 0. The number of carbonyl (C=O) groups excluding carboxylic acids is 1. The number of amides is 1. The van der Waals surface area contributed by atoms with E-state index in [4.69, 9.17) is 0 Å². The molecule has 2 N–H and O–H groups in total. The molecule has 0 unspecified atom stereocenters. The number of carbonyl (C=O) groups is 1. The minimum Gasteiger partial charge on any atom is -0.385 e. The van der Waals surface area contributed by atoms with Gasteiger partial charge in [0.1, 0.15) is 5.82 Å². The number of hydrogen-bond donors (Lipinski definition) is 2. The lowest BCUT2D eigenvalue weighted by Crippen LogP contribution is -2.34. The average molecular weight is 222 g/mol. The van der Waals surface area contributed by atoms with Gasteiger partial charge in [0, 0.05) is 12.6 Å². The van der Waals surface area contributed by atoms with Crippen LogP contribution in [-0.2, 0) is 0 Å². The zero-order valence-electron chi connectivity index (χ0n) is 9.43. The van der Waals surface area contributed by atoms with Crippen LogP contribution >= 0.6 is 0 Å². The Labute approximate surface area is 94.0 Å². The predicted molar refractivity (Wildman–Crippen MR) is 61.1 cm³/mol. The first-order valence-electron chi connectivity index (χ1n) is 5.34. The summed E-state index contributed by atoms with van der Waals surface area (Å²) in [5.41, 5.74) is 0.522. The molecule has 0 saturated heterocycles. The van der Waals surface area contributed by atoms with Crippen LogP contribution in [0.1, 0.15) is 30.1 Å². The van der Waals surface area contributed by atoms with Gasteiger partial charge in [-0.1, -0.05) is 6.07 Å². The van der Waals surface area contributed by atoms with Crippen LogP contribution in [0.4, 0.5) is 10.1 Å². The van der Waals surface area contributed by atoms with Crippen molar-refractivity contribution < 1.29 is 9.18 Å². The average Bonchev–Trinajstić information content (AvgIpc) is 2.95. The first kappa shape index (κ1) is 10.9. The Hall–Kier alpha value is -1.58. The van der Waals surface area contributed by atoms with E-state index in [-0.39, 0.29) is 17.1 Å². The van der Waals surface area contributed by atoms with Gasteiger partial charge in [-0.15, -0.1) is 0 Å². The van der Waals surface area contributed by atoms with E-state index in [1.165, 1.54) is 6.07 Å². The van der Waals surface area contributed by atoms with Crippen molar-refractivity contribution in [3.8, 4) is 0 Å². The summed E-state index contributed by atoms with van der Waals surface area (Å²) in [4.78, 5) is 11.9. The Balaban J connectivity index is 2.25. The van der Waals surface area contributed by atoms with Crippen LogP contribution in [0.3, 0.4) is 0 Å². The van der Waals surface area contributed by atoms with Crippen molar-refractivity contribution in [1.82, 2.24) is 5.32 Å². The molecular weight excluding hydrogens is 207 g/mol. The summed E-state index contributed by atoms with van der Waals surface area (Å²) in [6.45, 7) is 1.99. The topological polar surface area (TPSA) is 41.1 Å². The molecule has 0 aromatic heterocycles. The Morgan fingerprint density at radius 3 is 2.69 bits per heavy atom. The number of halogens is 1. The van der Waals surface area contributed by atoms with Gasteiger partial charge in [0.15, 0.2) is 0 Å². The molecule has 3 nitrogen and oxygen atoms in total. The molecule has 86 valence electrons. The van der Waals surface area contributed by atoms with Gasteiger partial charge in [0.2, 0.25) is 0 Å². The van der Waals surface area contributed by atoms with Crippen LogP contribution < -0.4 is 10.6 Å². The van der Waals surface area contributed by atoms with Crippen LogP contribution in [0.5, 0.6) is 0 Å². The van der Waals surface area contributed by atoms with E-state index in [1.54, 1.807) is 19.2 Å². The van der Waals surface area contributed by atoms with E-state index in [2.05, 4.69) is 10.6 Å². The van der Waals surface area contributed by atoms with Crippen LogP contribution in [0.2, 0.25) is 0 Å². The molecule has 1 aromatic carbocycles. The number of nitrogens with one attached hydrogen (secondary N) is 2. The predicted octanol–water partition coefficient (Wildman–Crippen LogP) is 2.15. The quantitative estimate of drug-likeness (QED) is 0.822. The summed E-state index contributed by atoms with van der Waals surface area (Å²) in [7, 11) is 1.61. The minimum atomic E-state index is -0.406. The summed E-state index contributed by atoms with van der Waals surface area (Å²) < 4.78 is 13.4. The summed E-state index contributed by atoms with van der Waals surface area (Å²) in [6.07, 6.45) is 1.98. The first-order valence-corrected chi connectivity index (χ1v) is 5.34. The Morgan fingerprint density at radius 2 is 2.12 bits per heavy atom. The maximum atomic E-state index is 13.4. The molecule has 1 saturated carbocycles. The molecule has 2 rings (SSSR count). The number of benzene rings is 1. The fourth-order valence-electron chi connectivity index (χ4n) is 1.62. The highest BCUT2D eigenvalue weighted by Crippen LogP contribution is 2.35. The van der Waals surface area contributed by atoms with Gasteiger partial charge in [-0.3, -0.25) is 4.79 Å². The summed E-state index contributed by atoms with van der Waals surface area (Å²) in [5, 5.41) is 5.62. The van der Waals surface area contributed by atoms with Gasteiger partial charge in [-0.2, -0.15) is 0 Å². The molecule has 1 fully saturated rings. The van der Waals surface area contributed by atoms with Crippen molar-refractivity contribution in [1.29, 1.82) is 0 Å². The third-order valence-electron chi connectivity index (χ3n) is 2.92. The van der Waals surface area contributed by atoms with Crippen molar-refractivity contribution in [2.75, 3.05) is 12.4 Å². The lowest BCUT2D eigenvalue weighted by atomic mass is 10.1. The number of hydrogen-bond acceptors (Lipinski definition) is 2. The highest BCUT2D eigenvalue weighted by atomic mass is 19.1. The molecule has 0 bridgehead atoms. The second-order valence-electron chi connectivity index (χ2n) is 4.43. The van der Waals surface area contributed by atoms with Gasteiger partial charge in [0.25, 0.3) is 5.91 Å². The normalized spacial score (nSPS) is 16.7. The molecule has 1 amide bonds. The second kappa shape index (κ2) is 3.77. The van der Waals surface area contributed by atoms with Crippen molar-refractivity contribution in [2.45, 2.75) is 25.3 Å². The van der Waals surface area contributed by atoms with Crippen molar-refractivity contribution in [2.24, 2.45) is 0 Å². The first-order chi connectivity index (χ1) is 7.56. The Morgan fingerprint density at radius 1 is 1.44 bits per heavy atom. The minimum absolute atomic E-state index is 0.0889. The van der Waals surface area contributed by atoms with Crippen molar-refractivity contribution >= 4 is 11.6 Å². The monoisotopic (exact) mass is 222 g/mol. The van der Waals surface area contributed by atoms with Crippen LogP contribution in [-0.4, -0.2) is 18.5 Å². The third kappa shape index (κ3) is 2.01. The summed E-state index contributed by atoms with van der Waals surface area (Å²) in [5.74, 6) is -0.625. The Bertz CT molecular complexity index is 427. The molecule has 1 aliphatic carbocycles. The van der Waals surface area contributed by atoms with Crippen molar-refractivity contribution in [3.05, 3.63) is 29.6 Å². The zero-order chi connectivity index (χ0) is 11.8. The standard InChI is InChI=1S/C12H15FN2O/c1-12(6-7-12)15-11(16)8-4-3-5-9(13)10(8)14-2/h3-5,14H,6-7H2,1-2H3,(H,15,16). The number of anilines is 1. The van der Waals surface area contributed by atoms with Gasteiger partial charge < -0.3 is 10.6 Å². The molecule has 0 spiro atoms. The van der Waals surface area contributed by atoms with E-state index < -0.39 is 5.82 Å². The molecule has 16 heavy (non-hydrogen) atoms. The fraction of sp³-hybridized carbons (Fsp3) is 0.417. The zero-order valence-corrected chi connectivity index (χ0v) is 9.43. The molecule has 4 heteroatoms. The Kier molecular flexibility index (Phi) is 2.58. The largest absolute Gasteiger partial charge is 0.385 e. The van der Waals surface area contributed by atoms with Crippen LogP contribution in [0.15, 0.2) is 18.2 Å². The lowest BCUT2D eigenvalue weighted by Gasteiger charge is -2.14. The molecule has 0 heterocycles. The SMILES string of the molecule is CNc1c(F)cccc1C(=O)NC1(C)CC1. The smallest absolute Gasteiger partial charge is 0.253 e. The van der Waals surface area contributed by atoms with Gasteiger partial charge in [0.05, 0.1) is 11.3 Å². The highest BCUT2D eigenvalue weighted by Gasteiger charge is 2.39. The van der Waals surface area contributed by atoms with Crippen LogP contribution in [0, 0.1) is 5.82 Å². The van der Waals surface area contributed by atoms with E-state index in [0.29, 0.717) is 5.56 Å². The van der Waals surface area contributed by atoms with E-state index in [0.717, 1.165) is 12.8 Å². The molecular formula is C12H15FN2O. The van der Waals surface area contributed by atoms with Crippen molar-refractivity contribution in [3.63, 3.8) is 0 Å².